The SMILES string of the molecule is O=C(c1ccccc1)c1ccc2c(c1)SCN2. The molecule has 0 saturated carbocycles. The molecule has 3 rings (SSSR count). The molecule has 0 radical (unpaired) electrons. The Morgan fingerprint density at radius 2 is 1.88 bits per heavy atom. The zero-order chi connectivity index (χ0) is 11.7. The van der Waals surface area contributed by atoms with Crippen molar-refractivity contribution in [1.82, 2.24) is 0 Å². The number of rotatable bonds is 2. The van der Waals surface area contributed by atoms with E-state index in [4.69, 9.17) is 0 Å². The fourth-order valence-corrected chi connectivity index (χ4v) is 2.77. The van der Waals surface area contributed by atoms with Crippen molar-refractivity contribution < 1.29 is 4.79 Å². The van der Waals surface area contributed by atoms with E-state index in [1.807, 2.05) is 48.5 Å². The molecule has 84 valence electrons. The fraction of sp³-hybridized carbons (Fsp3) is 0.0714. The molecule has 0 aromatic heterocycles. The minimum Gasteiger partial charge on any atom is -0.375 e. The number of fused-ring (bicyclic) bond motifs is 1. The van der Waals surface area contributed by atoms with Crippen molar-refractivity contribution >= 4 is 23.2 Å². The number of carbonyl (C=O) groups excluding carboxylic acids is 1. The van der Waals surface area contributed by atoms with Crippen molar-refractivity contribution in [1.29, 1.82) is 0 Å². The van der Waals surface area contributed by atoms with Gasteiger partial charge < -0.3 is 5.32 Å². The Morgan fingerprint density at radius 1 is 1.06 bits per heavy atom. The fourth-order valence-electron chi connectivity index (χ4n) is 1.88. The highest BCUT2D eigenvalue weighted by Crippen LogP contribution is 2.34. The van der Waals surface area contributed by atoms with E-state index >= 15 is 0 Å². The van der Waals surface area contributed by atoms with Gasteiger partial charge in [-0.1, -0.05) is 30.3 Å². The monoisotopic (exact) mass is 241 g/mol. The van der Waals surface area contributed by atoms with Crippen LogP contribution in [0.4, 0.5) is 5.69 Å². The highest BCUT2D eigenvalue weighted by atomic mass is 32.2. The number of carbonyl (C=O) groups is 1. The van der Waals surface area contributed by atoms with Crippen molar-refractivity contribution in [3.05, 3.63) is 59.7 Å². The minimum absolute atomic E-state index is 0.0842. The van der Waals surface area contributed by atoms with Crippen molar-refractivity contribution in [3.63, 3.8) is 0 Å². The Kier molecular flexibility index (Phi) is 2.61. The van der Waals surface area contributed by atoms with Crippen molar-refractivity contribution in [3.8, 4) is 0 Å². The topological polar surface area (TPSA) is 29.1 Å². The lowest BCUT2D eigenvalue weighted by Crippen LogP contribution is -2.00. The van der Waals surface area contributed by atoms with Gasteiger partial charge in [0.1, 0.15) is 0 Å². The van der Waals surface area contributed by atoms with Crippen LogP contribution in [0.1, 0.15) is 15.9 Å². The third kappa shape index (κ3) is 1.94. The lowest BCUT2D eigenvalue weighted by Gasteiger charge is -2.03. The van der Waals surface area contributed by atoms with Gasteiger partial charge in [-0.2, -0.15) is 0 Å². The molecule has 17 heavy (non-hydrogen) atoms. The number of ketones is 1. The largest absolute Gasteiger partial charge is 0.375 e. The molecule has 1 aliphatic rings. The lowest BCUT2D eigenvalue weighted by atomic mass is 10.0. The third-order valence-corrected chi connectivity index (χ3v) is 3.71. The first-order chi connectivity index (χ1) is 8.34. The first-order valence-electron chi connectivity index (χ1n) is 5.45. The van der Waals surface area contributed by atoms with E-state index < -0.39 is 0 Å². The third-order valence-electron chi connectivity index (χ3n) is 2.77. The van der Waals surface area contributed by atoms with Crippen molar-refractivity contribution in [2.45, 2.75) is 4.90 Å². The summed E-state index contributed by atoms with van der Waals surface area (Å²) in [6.07, 6.45) is 0. The van der Waals surface area contributed by atoms with Crippen LogP contribution in [0.25, 0.3) is 0 Å². The molecule has 2 aromatic carbocycles. The summed E-state index contributed by atoms with van der Waals surface area (Å²) in [4.78, 5) is 13.4. The van der Waals surface area contributed by atoms with Gasteiger partial charge in [-0.25, -0.2) is 0 Å². The second kappa shape index (κ2) is 4.26. The molecule has 0 amide bonds. The van der Waals surface area contributed by atoms with Crippen LogP contribution in [0.15, 0.2) is 53.4 Å². The van der Waals surface area contributed by atoms with Crippen LogP contribution in [0.2, 0.25) is 0 Å². The van der Waals surface area contributed by atoms with E-state index in [-0.39, 0.29) is 5.78 Å². The number of hydrogen-bond donors (Lipinski definition) is 1. The average molecular weight is 241 g/mol. The van der Waals surface area contributed by atoms with Crippen molar-refractivity contribution in [2.24, 2.45) is 0 Å². The van der Waals surface area contributed by atoms with E-state index in [1.54, 1.807) is 11.8 Å². The van der Waals surface area contributed by atoms with Gasteiger partial charge in [-0.15, -0.1) is 11.8 Å². The summed E-state index contributed by atoms with van der Waals surface area (Å²) in [7, 11) is 0. The number of thioether (sulfide) groups is 1. The summed E-state index contributed by atoms with van der Waals surface area (Å²) in [5.74, 6) is 0.971. The molecule has 0 saturated heterocycles. The maximum atomic E-state index is 12.2. The molecule has 0 unspecified atom stereocenters. The van der Waals surface area contributed by atoms with E-state index in [0.717, 1.165) is 27.6 Å². The molecule has 0 spiro atoms. The standard InChI is InChI=1S/C14H11NOS/c16-14(10-4-2-1-3-5-10)11-6-7-12-13(8-11)17-9-15-12/h1-8,15H,9H2. The van der Waals surface area contributed by atoms with E-state index in [2.05, 4.69) is 5.32 Å². The first-order valence-corrected chi connectivity index (χ1v) is 6.43. The zero-order valence-corrected chi connectivity index (χ0v) is 9.96. The highest BCUT2D eigenvalue weighted by Gasteiger charge is 2.14. The maximum Gasteiger partial charge on any atom is 0.193 e. The van der Waals surface area contributed by atoms with Crippen LogP contribution < -0.4 is 5.32 Å². The average Bonchev–Trinajstić information content (AvgIpc) is 2.86. The summed E-state index contributed by atoms with van der Waals surface area (Å²) >= 11 is 1.73. The summed E-state index contributed by atoms with van der Waals surface area (Å²) in [6.45, 7) is 0. The molecular formula is C14H11NOS. The Morgan fingerprint density at radius 3 is 2.71 bits per heavy atom. The van der Waals surface area contributed by atoms with Gasteiger partial charge >= 0.3 is 0 Å². The van der Waals surface area contributed by atoms with Crippen LogP contribution in [0.5, 0.6) is 0 Å². The quantitative estimate of drug-likeness (QED) is 0.817. The Labute approximate surface area is 104 Å². The van der Waals surface area contributed by atoms with Crippen LogP contribution in [-0.4, -0.2) is 11.7 Å². The summed E-state index contributed by atoms with van der Waals surface area (Å²) in [6, 6.07) is 15.2. The zero-order valence-electron chi connectivity index (χ0n) is 9.14. The Bertz CT molecular complexity index is 566. The number of nitrogens with one attached hydrogen (secondary N) is 1. The number of hydrogen-bond acceptors (Lipinski definition) is 3. The van der Waals surface area contributed by atoms with Gasteiger partial charge in [0.05, 0.1) is 5.88 Å². The summed E-state index contributed by atoms with van der Waals surface area (Å²) in [5.41, 5.74) is 2.62. The van der Waals surface area contributed by atoms with E-state index in [9.17, 15) is 4.79 Å². The van der Waals surface area contributed by atoms with E-state index in [0.29, 0.717) is 0 Å². The number of anilines is 1. The molecule has 2 nitrogen and oxygen atoms in total. The van der Waals surface area contributed by atoms with Crippen molar-refractivity contribution in [2.75, 3.05) is 11.2 Å². The molecule has 0 fully saturated rings. The van der Waals surface area contributed by atoms with Crippen LogP contribution in [-0.2, 0) is 0 Å². The van der Waals surface area contributed by atoms with Gasteiger partial charge in [-0.05, 0) is 18.2 Å². The molecule has 0 aliphatic carbocycles. The summed E-state index contributed by atoms with van der Waals surface area (Å²) in [5, 5.41) is 3.26. The minimum atomic E-state index is 0.0842. The molecule has 1 aliphatic heterocycles. The molecule has 0 bridgehead atoms. The molecule has 1 N–H and O–H groups in total. The Hall–Kier alpha value is -1.74. The van der Waals surface area contributed by atoms with Gasteiger partial charge in [-0.3, -0.25) is 4.79 Å². The normalized spacial score (nSPS) is 12.9. The summed E-state index contributed by atoms with van der Waals surface area (Å²) < 4.78 is 0. The second-order valence-electron chi connectivity index (χ2n) is 3.87. The van der Waals surface area contributed by atoms with Gasteiger partial charge in [0.2, 0.25) is 0 Å². The smallest absolute Gasteiger partial charge is 0.193 e. The van der Waals surface area contributed by atoms with Gasteiger partial charge in [0, 0.05) is 21.7 Å². The predicted octanol–water partition coefficient (Wildman–Crippen LogP) is 3.39. The van der Waals surface area contributed by atoms with Crippen LogP contribution in [0.3, 0.4) is 0 Å². The maximum absolute atomic E-state index is 12.2. The molecule has 0 atom stereocenters. The van der Waals surface area contributed by atoms with Gasteiger partial charge in [0.15, 0.2) is 5.78 Å². The molecule has 2 aromatic rings. The predicted molar refractivity (Wildman–Crippen MR) is 70.7 cm³/mol. The Balaban J connectivity index is 1.97. The van der Waals surface area contributed by atoms with Crippen LogP contribution >= 0.6 is 11.8 Å². The second-order valence-corrected chi connectivity index (χ2v) is 4.89. The first kappa shape index (κ1) is 10.4. The lowest BCUT2D eigenvalue weighted by molar-refractivity contribution is 0.103. The van der Waals surface area contributed by atoms with Crippen LogP contribution in [0, 0.1) is 0 Å². The molecule has 1 heterocycles. The van der Waals surface area contributed by atoms with Gasteiger partial charge in [0.25, 0.3) is 0 Å². The molecular weight excluding hydrogens is 230 g/mol. The van der Waals surface area contributed by atoms with E-state index in [1.165, 1.54) is 0 Å². The number of benzene rings is 2. The molecule has 3 heteroatoms. The highest BCUT2D eigenvalue weighted by molar-refractivity contribution is 7.99.